The number of esters is 2. The number of benzene rings is 2. The van der Waals surface area contributed by atoms with Gasteiger partial charge in [0.2, 0.25) is 0 Å². The highest BCUT2D eigenvalue weighted by atomic mass is 127. The number of hydrogen-bond donors (Lipinski definition) is 4. The Morgan fingerprint density at radius 2 is 1.93 bits per heavy atom. The van der Waals surface area contributed by atoms with Crippen LogP contribution >= 0.6 is 38.5 Å². The van der Waals surface area contributed by atoms with Gasteiger partial charge in [0.25, 0.3) is 0 Å². The molecule has 232 valence electrons. The number of amides is 2. The lowest BCUT2D eigenvalue weighted by atomic mass is 9.95. The number of carbonyl (C=O) groups is 3. The number of methoxy groups -OCH3 is 1. The molecule has 2 aromatic carbocycles. The Morgan fingerprint density at radius 1 is 1.16 bits per heavy atom. The largest absolute Gasteiger partial charge is 0.490 e. The molecule has 0 saturated heterocycles. The number of hydrazone groups is 1. The number of allylic oxidation sites excluding steroid dienone is 1. The van der Waals surface area contributed by atoms with Gasteiger partial charge in [-0.25, -0.2) is 14.4 Å². The molecule has 0 fully saturated rings. The fraction of sp³-hybridized carbons (Fsp3) is 0.357. The molecule has 1 heterocycles. The van der Waals surface area contributed by atoms with Crippen LogP contribution in [0.1, 0.15) is 37.9 Å². The van der Waals surface area contributed by atoms with E-state index in [1.165, 1.54) is 13.3 Å². The van der Waals surface area contributed by atoms with Gasteiger partial charge in [-0.3, -0.25) is 5.43 Å². The third-order valence-electron chi connectivity index (χ3n) is 5.77. The standard InChI is InChI=1S/C28H32BrIN4O9/c1-5-40-21-11-17(25-24(27(37)39-4)15(3)32-28(38)33-25)7-8-20(21)42-13-22(35)34-31-12-16-9-18(29)26(19(30)10-16)43-14-23(36)41-6-2/h7-12,22,25,34-35H,5-6,13-14H2,1-4H3,(H2,32,33,38)/b31-12-/t22-,25+/m0/s1. The van der Waals surface area contributed by atoms with Crippen LogP contribution in [0.5, 0.6) is 17.2 Å². The Morgan fingerprint density at radius 3 is 2.60 bits per heavy atom. The predicted molar refractivity (Wildman–Crippen MR) is 168 cm³/mol. The van der Waals surface area contributed by atoms with Gasteiger partial charge >= 0.3 is 18.0 Å². The van der Waals surface area contributed by atoms with Gasteiger partial charge in [0.15, 0.2) is 24.3 Å². The van der Waals surface area contributed by atoms with E-state index in [0.29, 0.717) is 45.2 Å². The van der Waals surface area contributed by atoms with Gasteiger partial charge in [-0.2, -0.15) is 5.10 Å². The van der Waals surface area contributed by atoms with E-state index < -0.39 is 30.2 Å². The molecule has 0 radical (unpaired) electrons. The Hall–Kier alpha value is -3.57. The summed E-state index contributed by atoms with van der Waals surface area (Å²) in [5.74, 6) is 0.153. The minimum atomic E-state index is -1.17. The van der Waals surface area contributed by atoms with E-state index in [1.54, 1.807) is 51.1 Å². The van der Waals surface area contributed by atoms with Gasteiger partial charge in [0, 0.05) is 5.70 Å². The van der Waals surface area contributed by atoms with Crippen molar-refractivity contribution in [2.45, 2.75) is 33.0 Å². The van der Waals surface area contributed by atoms with Crippen LogP contribution in [-0.2, 0) is 19.1 Å². The maximum atomic E-state index is 12.4. The van der Waals surface area contributed by atoms with Crippen molar-refractivity contribution in [1.29, 1.82) is 0 Å². The minimum Gasteiger partial charge on any atom is -0.490 e. The number of aliphatic hydroxyl groups excluding tert-OH is 1. The van der Waals surface area contributed by atoms with E-state index in [9.17, 15) is 19.5 Å². The molecule has 15 heteroatoms. The smallest absolute Gasteiger partial charge is 0.344 e. The summed E-state index contributed by atoms with van der Waals surface area (Å²) >= 11 is 5.51. The monoisotopic (exact) mass is 774 g/mol. The number of halogens is 2. The van der Waals surface area contributed by atoms with Crippen molar-refractivity contribution < 1.29 is 43.2 Å². The van der Waals surface area contributed by atoms with Crippen LogP contribution in [0, 0.1) is 3.57 Å². The summed E-state index contributed by atoms with van der Waals surface area (Å²) < 4.78 is 28.2. The second-order valence-electron chi connectivity index (χ2n) is 8.82. The van der Waals surface area contributed by atoms with Crippen LogP contribution < -0.4 is 30.3 Å². The molecule has 0 unspecified atom stereocenters. The van der Waals surface area contributed by atoms with Gasteiger partial charge in [-0.05, 0) is 94.7 Å². The van der Waals surface area contributed by atoms with E-state index in [0.717, 1.165) is 3.57 Å². The van der Waals surface area contributed by atoms with Crippen LogP contribution in [0.4, 0.5) is 4.79 Å². The van der Waals surface area contributed by atoms with E-state index in [1.807, 2.05) is 0 Å². The number of ether oxygens (including phenoxy) is 5. The number of urea groups is 1. The molecule has 1 aliphatic heterocycles. The van der Waals surface area contributed by atoms with E-state index in [2.05, 4.69) is 59.7 Å². The highest BCUT2D eigenvalue weighted by molar-refractivity contribution is 14.1. The van der Waals surface area contributed by atoms with Crippen LogP contribution in [0.25, 0.3) is 0 Å². The number of rotatable bonds is 14. The van der Waals surface area contributed by atoms with E-state index in [-0.39, 0.29) is 25.4 Å². The maximum Gasteiger partial charge on any atom is 0.344 e. The molecular formula is C28H32BrIN4O9. The van der Waals surface area contributed by atoms with Crippen LogP contribution in [-0.4, -0.2) is 69.1 Å². The first-order valence-corrected chi connectivity index (χ1v) is 14.9. The number of carbonyl (C=O) groups excluding carboxylic acids is 3. The zero-order valence-corrected chi connectivity index (χ0v) is 27.6. The summed E-state index contributed by atoms with van der Waals surface area (Å²) in [6.45, 7) is 5.36. The van der Waals surface area contributed by atoms with Crippen molar-refractivity contribution in [3.05, 3.63) is 60.8 Å². The first kappa shape index (κ1) is 33.9. The zero-order valence-electron chi connectivity index (χ0n) is 23.9. The van der Waals surface area contributed by atoms with Crippen LogP contribution in [0.15, 0.2) is 51.2 Å². The molecule has 0 bridgehead atoms. The van der Waals surface area contributed by atoms with Crippen molar-refractivity contribution in [2.24, 2.45) is 5.10 Å². The molecule has 2 aromatic rings. The Balaban J connectivity index is 1.64. The first-order valence-electron chi connectivity index (χ1n) is 13.1. The molecule has 13 nitrogen and oxygen atoms in total. The second-order valence-corrected chi connectivity index (χ2v) is 10.8. The zero-order chi connectivity index (χ0) is 31.5. The molecule has 2 atom stereocenters. The van der Waals surface area contributed by atoms with Gasteiger partial charge in [0.05, 0.1) is 46.2 Å². The molecule has 2 amide bonds. The fourth-order valence-electron chi connectivity index (χ4n) is 3.95. The highest BCUT2D eigenvalue weighted by Gasteiger charge is 2.32. The van der Waals surface area contributed by atoms with Crippen molar-refractivity contribution in [3.8, 4) is 17.2 Å². The highest BCUT2D eigenvalue weighted by Crippen LogP contribution is 2.35. The first-order chi connectivity index (χ1) is 20.6. The average Bonchev–Trinajstić information content (AvgIpc) is 2.95. The van der Waals surface area contributed by atoms with E-state index in [4.69, 9.17) is 23.7 Å². The summed E-state index contributed by atoms with van der Waals surface area (Å²) in [4.78, 5) is 36.1. The topological polar surface area (TPSA) is 166 Å². The summed E-state index contributed by atoms with van der Waals surface area (Å²) in [7, 11) is 1.27. The third-order valence-corrected chi connectivity index (χ3v) is 7.16. The van der Waals surface area contributed by atoms with Crippen molar-refractivity contribution in [2.75, 3.05) is 33.5 Å². The van der Waals surface area contributed by atoms with Crippen LogP contribution in [0.2, 0.25) is 0 Å². The minimum absolute atomic E-state index is 0.171. The van der Waals surface area contributed by atoms with Crippen molar-refractivity contribution >= 4 is 62.7 Å². The summed E-state index contributed by atoms with van der Waals surface area (Å²) in [6, 6.07) is 7.29. The van der Waals surface area contributed by atoms with Crippen molar-refractivity contribution in [1.82, 2.24) is 16.1 Å². The summed E-state index contributed by atoms with van der Waals surface area (Å²) in [6.07, 6.45) is 0.341. The number of hydrogen-bond acceptors (Lipinski definition) is 11. The lowest BCUT2D eigenvalue weighted by molar-refractivity contribution is -0.145. The molecule has 0 spiro atoms. The Labute approximate surface area is 270 Å². The third kappa shape index (κ3) is 9.46. The fourth-order valence-corrected chi connectivity index (χ4v) is 5.71. The van der Waals surface area contributed by atoms with Crippen molar-refractivity contribution in [3.63, 3.8) is 0 Å². The molecule has 0 aliphatic carbocycles. The molecular weight excluding hydrogens is 743 g/mol. The summed E-state index contributed by atoms with van der Waals surface area (Å²) in [5, 5.41) is 19.8. The number of nitrogens with zero attached hydrogens (tertiary/aromatic N) is 1. The molecule has 43 heavy (non-hydrogen) atoms. The normalized spacial score (nSPS) is 15.3. The Bertz CT molecular complexity index is 1380. The van der Waals surface area contributed by atoms with Gasteiger partial charge in [0.1, 0.15) is 12.4 Å². The summed E-state index contributed by atoms with van der Waals surface area (Å²) in [5.41, 5.74) is 4.52. The lowest BCUT2D eigenvalue weighted by Gasteiger charge is -2.28. The molecule has 0 aromatic heterocycles. The quantitative estimate of drug-likeness (QED) is 0.0734. The van der Waals surface area contributed by atoms with Crippen LogP contribution in [0.3, 0.4) is 0 Å². The van der Waals surface area contributed by atoms with Gasteiger partial charge in [-0.1, -0.05) is 6.07 Å². The molecule has 0 saturated carbocycles. The van der Waals surface area contributed by atoms with Gasteiger partial charge in [-0.15, -0.1) is 0 Å². The number of nitrogens with one attached hydrogen (secondary N) is 3. The molecule has 1 aliphatic rings. The lowest BCUT2D eigenvalue weighted by Crippen LogP contribution is -2.45. The average molecular weight is 775 g/mol. The number of aliphatic hydroxyl groups is 1. The molecule has 3 rings (SSSR count). The Kier molecular flexibility index (Phi) is 12.9. The second kappa shape index (κ2) is 16.3. The van der Waals surface area contributed by atoms with Gasteiger partial charge < -0.3 is 39.4 Å². The SMILES string of the molecule is CCOC(=O)COc1c(Br)cc(/C=N\N[C@@H](O)COc2ccc([C@H]3NC(=O)NC(C)=C3C(=O)OC)cc2OCC)cc1I. The predicted octanol–water partition coefficient (Wildman–Crippen LogP) is 3.52. The molecule has 4 N–H and O–H groups in total. The maximum absolute atomic E-state index is 12.4. The van der Waals surface area contributed by atoms with E-state index >= 15 is 0 Å².